The molecule has 1 aliphatic heterocycles. The van der Waals surface area contributed by atoms with Gasteiger partial charge in [0.05, 0.1) is 32.6 Å². The molecule has 1 N–H and O–H groups in total. The highest BCUT2D eigenvalue weighted by Crippen LogP contribution is 2.31. The van der Waals surface area contributed by atoms with Crippen molar-refractivity contribution in [3.63, 3.8) is 0 Å². The number of benzene rings is 2. The monoisotopic (exact) mass is 440 g/mol. The quantitative estimate of drug-likeness (QED) is 0.522. The third-order valence-corrected chi connectivity index (χ3v) is 5.26. The Morgan fingerprint density at radius 1 is 1.10 bits per heavy atom. The van der Waals surface area contributed by atoms with E-state index in [0.29, 0.717) is 38.5 Å². The summed E-state index contributed by atoms with van der Waals surface area (Å²) in [6.45, 7) is 1.70. The molecule has 1 aliphatic rings. The summed E-state index contributed by atoms with van der Waals surface area (Å²) in [5.74, 6) is -0.408. The number of nitrogens with zero attached hydrogens (tertiary/aromatic N) is 2. The molecule has 0 atom stereocenters. The summed E-state index contributed by atoms with van der Waals surface area (Å²) in [5.41, 5.74) is 2.05. The van der Waals surface area contributed by atoms with Crippen molar-refractivity contribution in [2.45, 2.75) is 6.92 Å². The number of carboxylic acids is 1. The van der Waals surface area contributed by atoms with Crippen molar-refractivity contribution in [3.05, 3.63) is 81.5 Å². The van der Waals surface area contributed by atoms with E-state index in [1.54, 1.807) is 55.5 Å². The van der Waals surface area contributed by atoms with Gasteiger partial charge in [-0.3, -0.25) is 4.79 Å². The molecular weight excluding hydrogens is 427 g/mol. The van der Waals surface area contributed by atoms with E-state index in [1.807, 2.05) is 0 Å². The molecule has 0 saturated heterocycles. The van der Waals surface area contributed by atoms with Crippen LogP contribution in [0.5, 0.6) is 0 Å². The smallest absolute Gasteiger partial charge is 0.335 e. The van der Waals surface area contributed by atoms with Crippen molar-refractivity contribution in [2.24, 2.45) is 5.10 Å². The van der Waals surface area contributed by atoms with E-state index in [2.05, 4.69) is 5.10 Å². The van der Waals surface area contributed by atoms with Crippen molar-refractivity contribution >= 4 is 52.6 Å². The molecular formula is C22H14Cl2N2O4. The number of hydrogen-bond donors (Lipinski definition) is 1. The van der Waals surface area contributed by atoms with E-state index in [0.717, 1.165) is 5.56 Å². The zero-order valence-electron chi connectivity index (χ0n) is 15.6. The third-order valence-electron chi connectivity index (χ3n) is 4.52. The Balaban J connectivity index is 1.62. The largest absolute Gasteiger partial charge is 0.478 e. The summed E-state index contributed by atoms with van der Waals surface area (Å²) in [7, 11) is 0. The predicted octanol–water partition coefficient (Wildman–Crippen LogP) is 5.76. The summed E-state index contributed by atoms with van der Waals surface area (Å²) < 4.78 is 5.83. The summed E-state index contributed by atoms with van der Waals surface area (Å²) >= 11 is 12.0. The van der Waals surface area contributed by atoms with E-state index >= 15 is 0 Å². The molecule has 1 amide bonds. The number of anilines is 1. The Labute approximate surface area is 181 Å². The van der Waals surface area contributed by atoms with Crippen molar-refractivity contribution in [1.82, 2.24) is 0 Å². The van der Waals surface area contributed by atoms with Gasteiger partial charge in [0.1, 0.15) is 11.5 Å². The minimum absolute atomic E-state index is 0.0721. The maximum Gasteiger partial charge on any atom is 0.335 e. The standard InChI is InChI=1S/C22H14Cl2N2O4/c1-12-17(21(27)26(25-12)15-4-2-3-14(9-15)22(28)29)11-16-6-8-20(30-16)13-5-7-18(23)19(24)10-13/h2-11H,1H3,(H,28,29)/b17-11-. The molecule has 0 aliphatic carbocycles. The number of amides is 1. The summed E-state index contributed by atoms with van der Waals surface area (Å²) in [6, 6.07) is 14.7. The second kappa shape index (κ2) is 7.82. The highest BCUT2D eigenvalue weighted by Gasteiger charge is 2.29. The number of furan rings is 1. The van der Waals surface area contributed by atoms with Crippen LogP contribution in [0.4, 0.5) is 5.69 Å². The fraction of sp³-hybridized carbons (Fsp3) is 0.0455. The van der Waals surface area contributed by atoms with Crippen molar-refractivity contribution in [1.29, 1.82) is 0 Å². The van der Waals surface area contributed by atoms with Crippen LogP contribution in [0.15, 0.2) is 69.7 Å². The maximum absolute atomic E-state index is 12.9. The zero-order valence-corrected chi connectivity index (χ0v) is 17.1. The predicted molar refractivity (Wildman–Crippen MR) is 116 cm³/mol. The molecule has 4 rings (SSSR count). The van der Waals surface area contributed by atoms with Crippen molar-refractivity contribution in [2.75, 3.05) is 5.01 Å². The van der Waals surface area contributed by atoms with Gasteiger partial charge in [0, 0.05) is 5.56 Å². The molecule has 0 bridgehead atoms. The minimum Gasteiger partial charge on any atom is -0.478 e. The van der Waals surface area contributed by atoms with Crippen LogP contribution in [0.3, 0.4) is 0 Å². The van der Waals surface area contributed by atoms with Crippen LogP contribution < -0.4 is 5.01 Å². The Kier molecular flexibility index (Phi) is 5.20. The Morgan fingerprint density at radius 2 is 1.90 bits per heavy atom. The van der Waals surface area contributed by atoms with Gasteiger partial charge in [-0.05, 0) is 61.5 Å². The van der Waals surface area contributed by atoms with Crippen LogP contribution in [-0.4, -0.2) is 22.7 Å². The molecule has 30 heavy (non-hydrogen) atoms. The van der Waals surface area contributed by atoms with Gasteiger partial charge < -0.3 is 9.52 Å². The fourth-order valence-corrected chi connectivity index (χ4v) is 3.31. The first kappa shape index (κ1) is 19.9. The van der Waals surface area contributed by atoms with Crippen LogP contribution in [0.1, 0.15) is 23.0 Å². The second-order valence-electron chi connectivity index (χ2n) is 6.55. The lowest BCUT2D eigenvalue weighted by molar-refractivity contribution is -0.114. The Morgan fingerprint density at radius 3 is 2.63 bits per heavy atom. The van der Waals surface area contributed by atoms with Gasteiger partial charge in [0.15, 0.2) is 0 Å². The number of carbonyl (C=O) groups excluding carboxylic acids is 1. The number of halogens is 2. The number of carboxylic acid groups (broad SMARTS) is 1. The zero-order chi connectivity index (χ0) is 21.4. The highest BCUT2D eigenvalue weighted by atomic mass is 35.5. The molecule has 0 saturated carbocycles. The maximum atomic E-state index is 12.9. The first-order chi connectivity index (χ1) is 14.3. The van der Waals surface area contributed by atoms with E-state index in [4.69, 9.17) is 32.7 Å². The SMILES string of the molecule is CC1=NN(c2cccc(C(=O)O)c2)C(=O)/C1=C\c1ccc(-c2ccc(Cl)c(Cl)c2)o1. The van der Waals surface area contributed by atoms with Crippen LogP contribution in [-0.2, 0) is 4.79 Å². The second-order valence-corrected chi connectivity index (χ2v) is 7.36. The molecule has 2 heterocycles. The normalized spacial score (nSPS) is 15.0. The minimum atomic E-state index is -1.08. The molecule has 2 aromatic carbocycles. The number of rotatable bonds is 4. The van der Waals surface area contributed by atoms with Crippen LogP contribution in [0, 0.1) is 0 Å². The third kappa shape index (κ3) is 3.75. The molecule has 0 spiro atoms. The van der Waals surface area contributed by atoms with Crippen molar-refractivity contribution < 1.29 is 19.1 Å². The van der Waals surface area contributed by atoms with E-state index in [1.165, 1.54) is 17.1 Å². The topological polar surface area (TPSA) is 83.1 Å². The molecule has 8 heteroatoms. The lowest BCUT2D eigenvalue weighted by atomic mass is 10.1. The van der Waals surface area contributed by atoms with E-state index < -0.39 is 5.97 Å². The van der Waals surface area contributed by atoms with E-state index in [9.17, 15) is 9.59 Å². The van der Waals surface area contributed by atoms with Gasteiger partial charge in [-0.2, -0.15) is 10.1 Å². The molecule has 0 radical (unpaired) electrons. The van der Waals surface area contributed by atoms with E-state index in [-0.39, 0.29) is 11.5 Å². The summed E-state index contributed by atoms with van der Waals surface area (Å²) in [6.07, 6.45) is 1.60. The average Bonchev–Trinajstić information content (AvgIpc) is 3.30. The lowest BCUT2D eigenvalue weighted by Crippen LogP contribution is -2.21. The highest BCUT2D eigenvalue weighted by molar-refractivity contribution is 6.42. The number of hydrazone groups is 1. The van der Waals surface area contributed by atoms with Crippen LogP contribution >= 0.6 is 23.2 Å². The van der Waals surface area contributed by atoms with Crippen molar-refractivity contribution in [3.8, 4) is 11.3 Å². The van der Waals surface area contributed by atoms with Gasteiger partial charge in [0.2, 0.25) is 0 Å². The Bertz CT molecular complexity index is 1240. The van der Waals surface area contributed by atoms with Gasteiger partial charge in [-0.25, -0.2) is 4.79 Å². The average molecular weight is 441 g/mol. The number of hydrogen-bond acceptors (Lipinski definition) is 4. The van der Waals surface area contributed by atoms with Gasteiger partial charge in [-0.1, -0.05) is 29.3 Å². The lowest BCUT2D eigenvalue weighted by Gasteiger charge is -2.12. The molecule has 6 nitrogen and oxygen atoms in total. The first-order valence-corrected chi connectivity index (χ1v) is 9.59. The van der Waals surface area contributed by atoms with Gasteiger partial charge in [-0.15, -0.1) is 0 Å². The van der Waals surface area contributed by atoms with Gasteiger partial charge >= 0.3 is 5.97 Å². The number of aromatic carboxylic acids is 1. The molecule has 1 aromatic heterocycles. The van der Waals surface area contributed by atoms with Gasteiger partial charge in [0.25, 0.3) is 5.91 Å². The molecule has 0 unspecified atom stereocenters. The first-order valence-electron chi connectivity index (χ1n) is 8.84. The van der Waals surface area contributed by atoms with Crippen LogP contribution in [0.2, 0.25) is 10.0 Å². The number of carbonyl (C=O) groups is 2. The molecule has 0 fully saturated rings. The fourth-order valence-electron chi connectivity index (χ4n) is 3.01. The summed E-state index contributed by atoms with van der Waals surface area (Å²) in [5, 5.41) is 15.5. The summed E-state index contributed by atoms with van der Waals surface area (Å²) in [4.78, 5) is 24.1. The van der Waals surface area contributed by atoms with Crippen LogP contribution in [0.25, 0.3) is 17.4 Å². The molecule has 150 valence electrons. The molecule has 3 aromatic rings. The Hall–Kier alpha value is -3.35.